The van der Waals surface area contributed by atoms with Gasteiger partial charge in [-0.25, -0.2) is 4.98 Å². The van der Waals surface area contributed by atoms with Gasteiger partial charge in [-0.05, 0) is 42.7 Å². The van der Waals surface area contributed by atoms with E-state index in [0.29, 0.717) is 18.7 Å². The molecule has 0 spiro atoms. The van der Waals surface area contributed by atoms with Gasteiger partial charge in [-0.1, -0.05) is 60.7 Å². The van der Waals surface area contributed by atoms with Crippen molar-refractivity contribution in [3.8, 4) is 22.5 Å². The molecule has 30 heavy (non-hydrogen) atoms. The number of aromatic nitrogens is 1. The summed E-state index contributed by atoms with van der Waals surface area (Å²) < 4.78 is 5.87. The highest BCUT2D eigenvalue weighted by Crippen LogP contribution is 2.28. The molecule has 4 heteroatoms. The Bertz CT molecular complexity index is 1160. The Kier molecular flexibility index (Phi) is 5.75. The van der Waals surface area contributed by atoms with Gasteiger partial charge < -0.3 is 9.73 Å². The standard InChI is InChI=1S/C26H24N2O2/c1-18-12-13-21(16-19(18)2)24-17-27-26(30-24)15-14-25(29)28-23-11-7-6-10-22(23)20-8-4-3-5-9-20/h3-13,16-17H,14-15H2,1-2H3,(H,28,29). The van der Waals surface area contributed by atoms with Gasteiger partial charge >= 0.3 is 0 Å². The maximum Gasteiger partial charge on any atom is 0.224 e. The van der Waals surface area contributed by atoms with Crippen molar-refractivity contribution in [2.24, 2.45) is 0 Å². The molecule has 3 aromatic carbocycles. The molecule has 1 N–H and O–H groups in total. The van der Waals surface area contributed by atoms with Crippen LogP contribution < -0.4 is 5.32 Å². The van der Waals surface area contributed by atoms with Crippen molar-refractivity contribution in [3.05, 3.63) is 96.0 Å². The predicted octanol–water partition coefficient (Wildman–Crippen LogP) is 6.20. The summed E-state index contributed by atoms with van der Waals surface area (Å²) in [7, 11) is 0. The first kappa shape index (κ1) is 19.6. The molecule has 0 aliphatic heterocycles. The van der Waals surface area contributed by atoms with Gasteiger partial charge in [0.2, 0.25) is 5.91 Å². The molecule has 0 atom stereocenters. The van der Waals surface area contributed by atoms with E-state index in [2.05, 4.69) is 36.3 Å². The summed E-state index contributed by atoms with van der Waals surface area (Å²) in [5, 5.41) is 3.02. The number of carbonyl (C=O) groups is 1. The van der Waals surface area contributed by atoms with Crippen LogP contribution >= 0.6 is 0 Å². The van der Waals surface area contributed by atoms with Crippen molar-refractivity contribution in [2.75, 3.05) is 5.32 Å². The lowest BCUT2D eigenvalue weighted by Gasteiger charge is -2.11. The van der Waals surface area contributed by atoms with Crippen LogP contribution in [0.3, 0.4) is 0 Å². The molecule has 0 saturated heterocycles. The number of amides is 1. The van der Waals surface area contributed by atoms with Crippen LogP contribution in [0.5, 0.6) is 0 Å². The molecule has 1 heterocycles. The van der Waals surface area contributed by atoms with Gasteiger partial charge in [0.25, 0.3) is 0 Å². The van der Waals surface area contributed by atoms with Crippen LogP contribution in [0.2, 0.25) is 0 Å². The molecule has 0 radical (unpaired) electrons. The minimum absolute atomic E-state index is 0.0655. The molecule has 0 aliphatic rings. The Hall–Kier alpha value is -3.66. The summed E-state index contributed by atoms with van der Waals surface area (Å²) in [6, 6.07) is 24.0. The predicted molar refractivity (Wildman–Crippen MR) is 120 cm³/mol. The average molecular weight is 396 g/mol. The zero-order chi connectivity index (χ0) is 20.9. The number of oxazole rings is 1. The summed E-state index contributed by atoms with van der Waals surface area (Å²) in [5.41, 5.74) is 6.32. The lowest BCUT2D eigenvalue weighted by Crippen LogP contribution is -2.13. The second kappa shape index (κ2) is 8.78. The van der Waals surface area contributed by atoms with Gasteiger partial charge in [0.05, 0.1) is 6.20 Å². The molecule has 4 rings (SSSR count). The van der Waals surface area contributed by atoms with E-state index in [1.165, 1.54) is 11.1 Å². The third-order valence-corrected chi connectivity index (χ3v) is 5.20. The van der Waals surface area contributed by atoms with Crippen molar-refractivity contribution < 1.29 is 9.21 Å². The van der Waals surface area contributed by atoms with Crippen molar-refractivity contribution in [2.45, 2.75) is 26.7 Å². The normalized spacial score (nSPS) is 10.7. The largest absolute Gasteiger partial charge is 0.441 e. The zero-order valence-electron chi connectivity index (χ0n) is 17.2. The molecule has 0 saturated carbocycles. The van der Waals surface area contributed by atoms with Crippen LogP contribution in [0.25, 0.3) is 22.5 Å². The first-order valence-electron chi connectivity index (χ1n) is 10.1. The van der Waals surface area contributed by atoms with Gasteiger partial charge in [-0.2, -0.15) is 0 Å². The van der Waals surface area contributed by atoms with Gasteiger partial charge in [-0.3, -0.25) is 4.79 Å². The maximum absolute atomic E-state index is 12.5. The number of para-hydroxylation sites is 1. The minimum Gasteiger partial charge on any atom is -0.441 e. The quantitative estimate of drug-likeness (QED) is 0.422. The number of hydrogen-bond donors (Lipinski definition) is 1. The maximum atomic E-state index is 12.5. The fourth-order valence-electron chi connectivity index (χ4n) is 3.35. The zero-order valence-corrected chi connectivity index (χ0v) is 17.2. The van der Waals surface area contributed by atoms with Crippen LogP contribution in [0.1, 0.15) is 23.4 Å². The SMILES string of the molecule is Cc1ccc(-c2cnc(CCC(=O)Nc3ccccc3-c3ccccc3)o2)cc1C. The van der Waals surface area contributed by atoms with E-state index in [4.69, 9.17) is 4.42 Å². The lowest BCUT2D eigenvalue weighted by atomic mass is 10.0. The van der Waals surface area contributed by atoms with E-state index in [1.807, 2.05) is 60.7 Å². The summed E-state index contributed by atoms with van der Waals surface area (Å²) in [5.74, 6) is 1.22. The fraction of sp³-hybridized carbons (Fsp3) is 0.154. The third kappa shape index (κ3) is 4.49. The van der Waals surface area contributed by atoms with Crippen molar-refractivity contribution in [1.29, 1.82) is 0 Å². The molecule has 4 nitrogen and oxygen atoms in total. The van der Waals surface area contributed by atoms with E-state index in [-0.39, 0.29) is 5.91 Å². The van der Waals surface area contributed by atoms with Gasteiger partial charge in [0.15, 0.2) is 11.7 Å². The van der Waals surface area contributed by atoms with Crippen LogP contribution in [0, 0.1) is 13.8 Å². The molecule has 1 aromatic heterocycles. The van der Waals surface area contributed by atoms with Crippen molar-refractivity contribution >= 4 is 11.6 Å². The molecular weight excluding hydrogens is 372 g/mol. The van der Waals surface area contributed by atoms with E-state index in [0.717, 1.165) is 28.1 Å². The molecule has 0 bridgehead atoms. The van der Waals surface area contributed by atoms with Crippen molar-refractivity contribution in [3.63, 3.8) is 0 Å². The topological polar surface area (TPSA) is 55.1 Å². The molecule has 4 aromatic rings. The van der Waals surface area contributed by atoms with Crippen LogP contribution in [-0.4, -0.2) is 10.9 Å². The highest BCUT2D eigenvalue weighted by molar-refractivity contribution is 5.95. The van der Waals surface area contributed by atoms with Crippen molar-refractivity contribution in [1.82, 2.24) is 4.98 Å². The highest BCUT2D eigenvalue weighted by atomic mass is 16.4. The number of anilines is 1. The molecular formula is C26H24N2O2. The Morgan fingerprint density at radius 2 is 1.67 bits per heavy atom. The lowest BCUT2D eigenvalue weighted by molar-refractivity contribution is -0.116. The molecule has 1 amide bonds. The van der Waals surface area contributed by atoms with Gasteiger partial charge in [0.1, 0.15) is 0 Å². The average Bonchev–Trinajstić information content (AvgIpc) is 3.24. The van der Waals surface area contributed by atoms with E-state index in [9.17, 15) is 4.79 Å². The molecule has 0 unspecified atom stereocenters. The molecule has 0 fully saturated rings. The number of nitrogens with one attached hydrogen (secondary N) is 1. The van der Waals surface area contributed by atoms with E-state index >= 15 is 0 Å². The smallest absolute Gasteiger partial charge is 0.224 e. The summed E-state index contributed by atoms with van der Waals surface area (Å²) >= 11 is 0. The fourth-order valence-corrected chi connectivity index (χ4v) is 3.35. The highest BCUT2D eigenvalue weighted by Gasteiger charge is 2.12. The summed E-state index contributed by atoms with van der Waals surface area (Å²) in [6.45, 7) is 4.16. The third-order valence-electron chi connectivity index (χ3n) is 5.20. The number of carbonyl (C=O) groups excluding carboxylic acids is 1. The summed E-state index contributed by atoms with van der Waals surface area (Å²) in [6.07, 6.45) is 2.47. The second-order valence-corrected chi connectivity index (χ2v) is 7.38. The molecule has 150 valence electrons. The summed E-state index contributed by atoms with van der Waals surface area (Å²) in [4.78, 5) is 16.9. The van der Waals surface area contributed by atoms with Crippen LogP contribution in [0.4, 0.5) is 5.69 Å². The first-order valence-corrected chi connectivity index (χ1v) is 10.1. The Morgan fingerprint density at radius 1 is 0.900 bits per heavy atom. The number of aryl methyl sites for hydroxylation is 3. The minimum atomic E-state index is -0.0655. The van der Waals surface area contributed by atoms with Crippen LogP contribution in [0.15, 0.2) is 83.4 Å². The monoisotopic (exact) mass is 396 g/mol. The Labute approximate surface area is 176 Å². The number of rotatable bonds is 6. The van der Waals surface area contributed by atoms with Gasteiger partial charge in [-0.15, -0.1) is 0 Å². The number of nitrogens with zero attached hydrogens (tertiary/aromatic N) is 1. The Balaban J connectivity index is 1.41. The first-order chi connectivity index (χ1) is 14.6. The van der Waals surface area contributed by atoms with Gasteiger partial charge in [0, 0.05) is 29.7 Å². The van der Waals surface area contributed by atoms with E-state index < -0.39 is 0 Å². The number of hydrogen-bond acceptors (Lipinski definition) is 3. The second-order valence-electron chi connectivity index (χ2n) is 7.38. The Morgan fingerprint density at radius 3 is 2.47 bits per heavy atom. The van der Waals surface area contributed by atoms with E-state index in [1.54, 1.807) is 6.20 Å². The molecule has 0 aliphatic carbocycles. The van der Waals surface area contributed by atoms with Crippen LogP contribution in [-0.2, 0) is 11.2 Å². The number of benzene rings is 3.